The van der Waals surface area contributed by atoms with E-state index >= 15 is 0 Å². The molecule has 1 saturated carbocycles. The highest BCUT2D eigenvalue weighted by atomic mass is 16.2. The van der Waals surface area contributed by atoms with E-state index in [9.17, 15) is 4.79 Å². The van der Waals surface area contributed by atoms with Gasteiger partial charge in [0.2, 0.25) is 0 Å². The first-order valence-corrected chi connectivity index (χ1v) is 8.05. The van der Waals surface area contributed by atoms with E-state index in [0.29, 0.717) is 5.92 Å². The molecule has 1 unspecified atom stereocenters. The molecule has 2 heterocycles. The van der Waals surface area contributed by atoms with Crippen LogP contribution in [0.1, 0.15) is 92.0 Å². The van der Waals surface area contributed by atoms with Gasteiger partial charge < -0.3 is 4.90 Å². The fourth-order valence-electron chi connectivity index (χ4n) is 3.71. The van der Waals surface area contributed by atoms with E-state index < -0.39 is 0 Å². The zero-order valence-electron chi connectivity index (χ0n) is 12.6. The Labute approximate surface area is 120 Å². The van der Waals surface area contributed by atoms with Crippen molar-refractivity contribution in [2.75, 3.05) is 7.05 Å². The Morgan fingerprint density at radius 1 is 1.10 bits per heavy atom. The highest BCUT2D eigenvalue weighted by Crippen LogP contribution is 2.39. The van der Waals surface area contributed by atoms with Gasteiger partial charge in [-0.05, 0) is 19.8 Å². The van der Waals surface area contributed by atoms with Crippen LogP contribution in [0.4, 0.5) is 0 Å². The monoisotopic (exact) mass is 275 g/mol. The van der Waals surface area contributed by atoms with E-state index in [2.05, 4.69) is 17.1 Å². The van der Waals surface area contributed by atoms with Gasteiger partial charge in [0.25, 0.3) is 5.91 Å². The van der Waals surface area contributed by atoms with Gasteiger partial charge >= 0.3 is 0 Å². The van der Waals surface area contributed by atoms with Crippen molar-refractivity contribution in [2.45, 2.75) is 70.3 Å². The van der Waals surface area contributed by atoms with Crippen molar-refractivity contribution in [1.82, 2.24) is 15.1 Å². The van der Waals surface area contributed by atoms with Crippen molar-refractivity contribution < 1.29 is 4.79 Å². The molecule has 1 atom stereocenters. The number of carbonyl (C=O) groups excluding carboxylic acids is 1. The topological polar surface area (TPSA) is 49.0 Å². The molecule has 1 fully saturated rings. The molecule has 1 amide bonds. The van der Waals surface area contributed by atoms with E-state index in [4.69, 9.17) is 0 Å². The number of aromatic amines is 1. The van der Waals surface area contributed by atoms with Gasteiger partial charge in [-0.1, -0.05) is 38.5 Å². The third-order valence-electron chi connectivity index (χ3n) is 5.11. The Hall–Kier alpha value is -1.32. The normalized spacial score (nSPS) is 25.2. The summed E-state index contributed by atoms with van der Waals surface area (Å²) < 4.78 is 0. The molecule has 2 aliphatic rings. The maximum atomic E-state index is 12.1. The first kappa shape index (κ1) is 13.7. The Kier molecular flexibility index (Phi) is 3.81. The van der Waals surface area contributed by atoms with Crippen LogP contribution < -0.4 is 0 Å². The molecule has 20 heavy (non-hydrogen) atoms. The third kappa shape index (κ3) is 2.25. The number of carbonyl (C=O) groups is 1. The van der Waals surface area contributed by atoms with E-state index in [1.165, 1.54) is 62.6 Å². The van der Waals surface area contributed by atoms with Gasteiger partial charge in [0.05, 0.1) is 11.7 Å². The minimum atomic E-state index is 0.0920. The number of fused-ring (bicyclic) bond motifs is 1. The molecule has 110 valence electrons. The number of hydrogen-bond acceptors (Lipinski definition) is 2. The van der Waals surface area contributed by atoms with Crippen molar-refractivity contribution in [1.29, 1.82) is 0 Å². The zero-order chi connectivity index (χ0) is 14.1. The van der Waals surface area contributed by atoms with Gasteiger partial charge in [0, 0.05) is 18.5 Å². The smallest absolute Gasteiger partial charge is 0.272 e. The minimum Gasteiger partial charge on any atom is -0.333 e. The van der Waals surface area contributed by atoms with Crippen LogP contribution in [0.3, 0.4) is 0 Å². The van der Waals surface area contributed by atoms with Crippen LogP contribution in [0.25, 0.3) is 0 Å². The summed E-state index contributed by atoms with van der Waals surface area (Å²) in [5, 5.41) is 7.53. The van der Waals surface area contributed by atoms with Crippen molar-refractivity contribution in [3.05, 3.63) is 17.0 Å². The number of amides is 1. The summed E-state index contributed by atoms with van der Waals surface area (Å²) in [6.07, 6.45) is 10.5. The van der Waals surface area contributed by atoms with Crippen LogP contribution in [0.5, 0.6) is 0 Å². The maximum Gasteiger partial charge on any atom is 0.272 e. The lowest BCUT2D eigenvalue weighted by Crippen LogP contribution is -2.22. The first-order valence-electron chi connectivity index (χ1n) is 8.05. The van der Waals surface area contributed by atoms with Crippen LogP contribution in [0.15, 0.2) is 0 Å². The zero-order valence-corrected chi connectivity index (χ0v) is 12.6. The summed E-state index contributed by atoms with van der Waals surface area (Å²) in [7, 11) is 1.88. The summed E-state index contributed by atoms with van der Waals surface area (Å²) in [4.78, 5) is 14.0. The second-order valence-electron chi connectivity index (χ2n) is 6.39. The number of aromatic nitrogens is 2. The molecule has 4 heteroatoms. The molecular weight excluding hydrogens is 250 g/mol. The molecule has 0 bridgehead atoms. The van der Waals surface area contributed by atoms with Crippen LogP contribution in [0, 0.1) is 0 Å². The number of nitrogens with one attached hydrogen (secondary N) is 1. The lowest BCUT2D eigenvalue weighted by Gasteiger charge is -2.20. The molecule has 0 aromatic carbocycles. The molecule has 4 nitrogen and oxygen atoms in total. The lowest BCUT2D eigenvalue weighted by atomic mass is 9.90. The molecule has 1 aromatic heterocycles. The largest absolute Gasteiger partial charge is 0.333 e. The average Bonchev–Trinajstić information content (AvgIpc) is 3.00. The Morgan fingerprint density at radius 3 is 2.35 bits per heavy atom. The van der Waals surface area contributed by atoms with E-state index in [-0.39, 0.29) is 11.9 Å². The standard InChI is InChI=1S/C16H25N3O/c1-11-13-14(17-18-15(13)16(20)19(11)2)12-9-7-5-3-4-6-8-10-12/h11-12H,3-10H2,1-2H3,(H,17,18). The fourth-order valence-corrected chi connectivity index (χ4v) is 3.71. The van der Waals surface area contributed by atoms with Crippen LogP contribution in [-0.4, -0.2) is 28.1 Å². The molecule has 0 saturated heterocycles. The third-order valence-corrected chi connectivity index (χ3v) is 5.11. The van der Waals surface area contributed by atoms with Crippen molar-refractivity contribution in [3.8, 4) is 0 Å². The summed E-state index contributed by atoms with van der Waals surface area (Å²) in [6.45, 7) is 2.11. The van der Waals surface area contributed by atoms with Crippen molar-refractivity contribution in [3.63, 3.8) is 0 Å². The number of H-pyrrole nitrogens is 1. The van der Waals surface area contributed by atoms with Gasteiger partial charge in [0.15, 0.2) is 0 Å². The van der Waals surface area contributed by atoms with Crippen LogP contribution in [-0.2, 0) is 0 Å². The highest BCUT2D eigenvalue weighted by molar-refractivity contribution is 5.97. The molecule has 1 aromatic rings. The Bertz CT molecular complexity index is 484. The molecule has 0 spiro atoms. The average molecular weight is 275 g/mol. The second-order valence-corrected chi connectivity index (χ2v) is 6.39. The predicted molar refractivity (Wildman–Crippen MR) is 78.8 cm³/mol. The Morgan fingerprint density at radius 2 is 1.70 bits per heavy atom. The predicted octanol–water partition coefficient (Wildman–Crippen LogP) is 3.77. The molecule has 1 aliphatic carbocycles. The minimum absolute atomic E-state index is 0.0920. The maximum absolute atomic E-state index is 12.1. The molecule has 1 aliphatic heterocycles. The highest BCUT2D eigenvalue weighted by Gasteiger charge is 2.37. The van der Waals surface area contributed by atoms with Crippen molar-refractivity contribution in [2.24, 2.45) is 0 Å². The van der Waals surface area contributed by atoms with Crippen LogP contribution >= 0.6 is 0 Å². The van der Waals surface area contributed by atoms with Crippen molar-refractivity contribution >= 4 is 5.91 Å². The van der Waals surface area contributed by atoms with Gasteiger partial charge in [-0.3, -0.25) is 9.89 Å². The van der Waals surface area contributed by atoms with Gasteiger partial charge in [-0.2, -0.15) is 5.10 Å². The number of rotatable bonds is 1. The molecule has 1 N–H and O–H groups in total. The summed E-state index contributed by atoms with van der Waals surface area (Å²) >= 11 is 0. The summed E-state index contributed by atoms with van der Waals surface area (Å²) in [6, 6.07) is 0.166. The Balaban J connectivity index is 1.87. The van der Waals surface area contributed by atoms with Gasteiger partial charge in [-0.25, -0.2) is 0 Å². The van der Waals surface area contributed by atoms with E-state index in [1.54, 1.807) is 0 Å². The lowest BCUT2D eigenvalue weighted by molar-refractivity contribution is 0.0777. The molecule has 0 radical (unpaired) electrons. The SMILES string of the molecule is CC1c2c(C3CCCCCCCC3)n[nH]c2C(=O)N1C. The second kappa shape index (κ2) is 5.58. The number of hydrogen-bond donors (Lipinski definition) is 1. The quantitative estimate of drug-likeness (QED) is 0.848. The van der Waals surface area contributed by atoms with E-state index in [0.717, 1.165) is 5.69 Å². The summed E-state index contributed by atoms with van der Waals surface area (Å²) in [5.74, 6) is 0.629. The summed E-state index contributed by atoms with van der Waals surface area (Å²) in [5.41, 5.74) is 3.07. The van der Waals surface area contributed by atoms with E-state index in [1.807, 2.05) is 11.9 Å². The van der Waals surface area contributed by atoms with Crippen LogP contribution in [0.2, 0.25) is 0 Å². The molecule has 3 rings (SSSR count). The van der Waals surface area contributed by atoms with Gasteiger partial charge in [0.1, 0.15) is 5.69 Å². The molecular formula is C16H25N3O. The van der Waals surface area contributed by atoms with Gasteiger partial charge in [-0.15, -0.1) is 0 Å². The fraction of sp³-hybridized carbons (Fsp3) is 0.750. The first-order chi connectivity index (χ1) is 9.70. The number of nitrogens with zero attached hydrogens (tertiary/aromatic N) is 2.